The molecule has 0 heterocycles. The highest BCUT2D eigenvalue weighted by Gasteiger charge is 2.14. The minimum Gasteiger partial charge on any atom is -0.466 e. The van der Waals surface area contributed by atoms with Gasteiger partial charge in [-0.1, -0.05) is 13.8 Å². The van der Waals surface area contributed by atoms with Crippen molar-refractivity contribution in [2.75, 3.05) is 13.2 Å². The van der Waals surface area contributed by atoms with Crippen LogP contribution < -0.4 is 0 Å². The molecule has 144 valence electrons. The molecule has 0 aromatic carbocycles. The molecule has 2 atom stereocenters. The van der Waals surface area contributed by atoms with Crippen molar-refractivity contribution in [3.8, 4) is 12.1 Å². The zero-order valence-corrected chi connectivity index (χ0v) is 15.6. The van der Waals surface area contributed by atoms with Crippen LogP contribution in [0.1, 0.15) is 65.2 Å². The zero-order chi connectivity index (χ0) is 19.6. The maximum Gasteiger partial charge on any atom is 0.305 e. The van der Waals surface area contributed by atoms with Gasteiger partial charge < -0.3 is 9.47 Å². The Bertz CT molecular complexity index is 476. The molecule has 0 N–H and O–H groups in total. The Balaban J connectivity index is 4.53. The third-order valence-corrected chi connectivity index (χ3v) is 3.34. The molecular formula is C18H28N4O4. The molecule has 2 unspecified atom stereocenters. The zero-order valence-electron chi connectivity index (χ0n) is 15.6. The molecule has 0 aliphatic rings. The maximum atomic E-state index is 11.5. The molecule has 0 aliphatic heterocycles. The summed E-state index contributed by atoms with van der Waals surface area (Å²) in [5.41, 5.74) is 0. The summed E-state index contributed by atoms with van der Waals surface area (Å²) in [5.74, 6) is -0.644. The van der Waals surface area contributed by atoms with Gasteiger partial charge in [-0.3, -0.25) is 9.59 Å². The standard InChI is InChI=1S/C18H28N4O4/c1-3-13-25-17(23)7-5-15(9-11-19)21-22-16(10-12-20)6-8-18(24)26-14-4-2/h15-16H,3-10,13-14H2,1-2H3. The highest BCUT2D eigenvalue weighted by atomic mass is 16.5. The molecule has 0 fully saturated rings. The van der Waals surface area contributed by atoms with Crippen LogP contribution in [-0.2, 0) is 19.1 Å². The van der Waals surface area contributed by atoms with Crippen molar-refractivity contribution in [3.63, 3.8) is 0 Å². The van der Waals surface area contributed by atoms with Crippen LogP contribution in [0.3, 0.4) is 0 Å². The SMILES string of the molecule is CCCOC(=O)CCC(CC#N)N=NC(CC#N)CCC(=O)OCCC. The minimum absolute atomic E-state index is 0.127. The monoisotopic (exact) mass is 364 g/mol. The van der Waals surface area contributed by atoms with Crippen molar-refractivity contribution in [2.45, 2.75) is 77.3 Å². The average Bonchev–Trinajstić information content (AvgIpc) is 2.64. The summed E-state index contributed by atoms with van der Waals surface area (Å²) < 4.78 is 9.98. The Hall–Kier alpha value is -2.48. The fourth-order valence-electron chi connectivity index (χ4n) is 1.95. The first-order valence-corrected chi connectivity index (χ1v) is 9.02. The Morgan fingerprint density at radius 3 is 1.54 bits per heavy atom. The topological polar surface area (TPSA) is 125 Å². The number of carbonyl (C=O) groups is 2. The van der Waals surface area contributed by atoms with Gasteiger partial charge in [0.2, 0.25) is 0 Å². The normalized spacial score (nSPS) is 12.8. The molecule has 8 heteroatoms. The van der Waals surface area contributed by atoms with Gasteiger partial charge in [-0.25, -0.2) is 0 Å². The van der Waals surface area contributed by atoms with Crippen LogP contribution in [0.25, 0.3) is 0 Å². The van der Waals surface area contributed by atoms with E-state index in [1.807, 2.05) is 26.0 Å². The van der Waals surface area contributed by atoms with Gasteiger partial charge in [0.1, 0.15) is 0 Å². The van der Waals surface area contributed by atoms with Gasteiger partial charge >= 0.3 is 11.9 Å². The van der Waals surface area contributed by atoms with E-state index in [-0.39, 0.29) is 37.6 Å². The number of esters is 2. The van der Waals surface area contributed by atoms with Gasteiger partial charge in [-0.2, -0.15) is 20.8 Å². The molecule has 0 spiro atoms. The maximum absolute atomic E-state index is 11.5. The molecule has 0 amide bonds. The predicted molar refractivity (Wildman–Crippen MR) is 93.9 cm³/mol. The molecule has 8 nitrogen and oxygen atoms in total. The number of nitrogens with zero attached hydrogens (tertiary/aromatic N) is 4. The van der Waals surface area contributed by atoms with E-state index in [1.165, 1.54) is 0 Å². The molecule has 0 aromatic rings. The molecule has 26 heavy (non-hydrogen) atoms. The second-order valence-corrected chi connectivity index (χ2v) is 5.78. The van der Waals surface area contributed by atoms with Gasteiger partial charge in [0.15, 0.2) is 0 Å². The summed E-state index contributed by atoms with van der Waals surface area (Å²) >= 11 is 0. The van der Waals surface area contributed by atoms with Crippen LogP contribution in [0.4, 0.5) is 0 Å². The second kappa shape index (κ2) is 16.0. The lowest BCUT2D eigenvalue weighted by molar-refractivity contribution is -0.144. The molecule has 0 rings (SSSR count). The third-order valence-electron chi connectivity index (χ3n) is 3.34. The lowest BCUT2D eigenvalue weighted by atomic mass is 10.1. The Labute approximate surface area is 155 Å². The molecular weight excluding hydrogens is 336 g/mol. The first kappa shape index (κ1) is 23.5. The number of ether oxygens (including phenoxy) is 2. The average molecular weight is 364 g/mol. The van der Waals surface area contributed by atoms with Crippen molar-refractivity contribution < 1.29 is 19.1 Å². The van der Waals surface area contributed by atoms with Crippen LogP contribution in [0.5, 0.6) is 0 Å². The van der Waals surface area contributed by atoms with Gasteiger partial charge in [0.25, 0.3) is 0 Å². The minimum atomic E-state index is -0.428. The first-order chi connectivity index (χ1) is 12.6. The highest BCUT2D eigenvalue weighted by Crippen LogP contribution is 2.13. The molecule has 0 aromatic heterocycles. The molecule has 0 radical (unpaired) electrons. The highest BCUT2D eigenvalue weighted by molar-refractivity contribution is 5.69. The summed E-state index contributed by atoms with van der Waals surface area (Å²) in [6.45, 7) is 4.57. The number of carbonyl (C=O) groups excluding carboxylic acids is 2. The van der Waals surface area contributed by atoms with E-state index in [9.17, 15) is 9.59 Å². The van der Waals surface area contributed by atoms with Crippen molar-refractivity contribution in [1.82, 2.24) is 0 Å². The summed E-state index contributed by atoms with van der Waals surface area (Å²) in [7, 11) is 0. The van der Waals surface area contributed by atoms with Crippen molar-refractivity contribution in [1.29, 1.82) is 10.5 Å². The number of azo groups is 1. The molecule has 0 saturated heterocycles. The lowest BCUT2D eigenvalue weighted by Crippen LogP contribution is -2.13. The second-order valence-electron chi connectivity index (χ2n) is 5.78. The van der Waals surface area contributed by atoms with E-state index in [2.05, 4.69) is 10.2 Å². The Morgan fingerprint density at radius 1 is 0.846 bits per heavy atom. The number of hydrogen-bond donors (Lipinski definition) is 0. The Morgan fingerprint density at radius 2 is 1.23 bits per heavy atom. The first-order valence-electron chi connectivity index (χ1n) is 9.02. The largest absolute Gasteiger partial charge is 0.466 e. The van der Waals surface area contributed by atoms with E-state index >= 15 is 0 Å². The Kier molecular flexibility index (Phi) is 14.5. The fraction of sp³-hybridized carbons (Fsp3) is 0.778. The lowest BCUT2D eigenvalue weighted by Gasteiger charge is -2.11. The number of rotatable bonds is 14. The molecule has 0 aliphatic carbocycles. The van der Waals surface area contributed by atoms with Crippen LogP contribution in [-0.4, -0.2) is 37.2 Å². The fourth-order valence-corrected chi connectivity index (χ4v) is 1.95. The van der Waals surface area contributed by atoms with Crippen molar-refractivity contribution in [3.05, 3.63) is 0 Å². The van der Waals surface area contributed by atoms with Gasteiger partial charge in [0, 0.05) is 12.8 Å². The van der Waals surface area contributed by atoms with E-state index in [0.29, 0.717) is 26.1 Å². The van der Waals surface area contributed by atoms with Crippen LogP contribution >= 0.6 is 0 Å². The summed E-state index contributed by atoms with van der Waals surface area (Å²) in [6.07, 6.45) is 2.81. The summed E-state index contributed by atoms with van der Waals surface area (Å²) in [5, 5.41) is 26.0. The van der Waals surface area contributed by atoms with E-state index in [4.69, 9.17) is 20.0 Å². The summed E-state index contributed by atoms with van der Waals surface area (Å²) in [6, 6.07) is 3.18. The van der Waals surface area contributed by atoms with Gasteiger partial charge in [0.05, 0.1) is 50.3 Å². The van der Waals surface area contributed by atoms with Crippen LogP contribution in [0.15, 0.2) is 10.2 Å². The smallest absolute Gasteiger partial charge is 0.305 e. The molecule has 0 saturated carbocycles. The van der Waals surface area contributed by atoms with Gasteiger partial charge in [-0.15, -0.1) is 0 Å². The quantitative estimate of drug-likeness (QED) is 0.343. The van der Waals surface area contributed by atoms with Gasteiger partial charge in [-0.05, 0) is 25.7 Å². The van der Waals surface area contributed by atoms with Crippen molar-refractivity contribution >= 4 is 11.9 Å². The number of hydrogen-bond acceptors (Lipinski definition) is 8. The van der Waals surface area contributed by atoms with Crippen LogP contribution in [0, 0.1) is 22.7 Å². The van der Waals surface area contributed by atoms with Crippen LogP contribution in [0.2, 0.25) is 0 Å². The predicted octanol–water partition coefficient (Wildman–Crippen LogP) is 3.47. The third kappa shape index (κ3) is 12.9. The van der Waals surface area contributed by atoms with E-state index in [1.54, 1.807) is 0 Å². The van der Waals surface area contributed by atoms with E-state index < -0.39 is 12.1 Å². The van der Waals surface area contributed by atoms with Crippen molar-refractivity contribution in [2.24, 2.45) is 10.2 Å². The number of nitriles is 2. The van der Waals surface area contributed by atoms with E-state index in [0.717, 1.165) is 12.8 Å². The summed E-state index contributed by atoms with van der Waals surface area (Å²) in [4.78, 5) is 23.1. The molecule has 0 bridgehead atoms.